The molecule has 2 heterocycles. The first kappa shape index (κ1) is 14.0. The molecule has 0 unspecified atom stereocenters. The molecule has 1 aromatic heterocycles. The number of allylic oxidation sites excluding steroid dienone is 1. The van der Waals surface area contributed by atoms with Crippen molar-refractivity contribution in [3.63, 3.8) is 0 Å². The van der Waals surface area contributed by atoms with Gasteiger partial charge in [-0.25, -0.2) is 0 Å². The molecule has 5 heteroatoms. The Morgan fingerprint density at radius 1 is 1.39 bits per heavy atom. The molecule has 0 amide bonds. The minimum absolute atomic E-state index is 0.493. The fourth-order valence-corrected chi connectivity index (χ4v) is 4.93. The molecule has 0 aliphatic carbocycles. The van der Waals surface area contributed by atoms with E-state index in [-0.39, 0.29) is 0 Å². The van der Waals surface area contributed by atoms with Crippen LogP contribution in [0.4, 0.5) is 0 Å². The zero-order chi connectivity index (χ0) is 13.0. The van der Waals surface area contributed by atoms with Crippen LogP contribution in [0.2, 0.25) is 0 Å². The van der Waals surface area contributed by atoms with Gasteiger partial charge in [-0.2, -0.15) is 5.10 Å². The second-order valence-electron chi connectivity index (χ2n) is 4.24. The lowest BCUT2D eigenvalue weighted by atomic mass is 10.2. The van der Waals surface area contributed by atoms with Gasteiger partial charge < -0.3 is 4.74 Å². The Hall–Kier alpha value is -0.390. The molecule has 0 aromatic carbocycles. The Morgan fingerprint density at radius 2 is 2.06 bits per heavy atom. The fourth-order valence-electron chi connectivity index (χ4n) is 2.10. The van der Waals surface area contributed by atoms with Crippen LogP contribution in [-0.4, -0.2) is 34.5 Å². The van der Waals surface area contributed by atoms with Crippen molar-refractivity contribution in [1.29, 1.82) is 0 Å². The molecule has 1 fully saturated rings. The summed E-state index contributed by atoms with van der Waals surface area (Å²) in [5, 5.41) is 4.62. The zero-order valence-electron chi connectivity index (χ0n) is 11.0. The topological polar surface area (TPSA) is 27.1 Å². The summed E-state index contributed by atoms with van der Waals surface area (Å²) in [4.78, 5) is 0. The van der Waals surface area contributed by atoms with Crippen molar-refractivity contribution in [3.8, 4) is 0 Å². The first-order valence-corrected chi connectivity index (χ1v) is 8.29. The molecule has 2 rings (SSSR count). The summed E-state index contributed by atoms with van der Waals surface area (Å²) >= 11 is 3.94. The summed E-state index contributed by atoms with van der Waals surface area (Å²) < 4.78 is 8.03. The number of nitrogens with zero attached hydrogens (tertiary/aromatic N) is 2. The van der Waals surface area contributed by atoms with Crippen molar-refractivity contribution in [2.75, 3.05) is 24.7 Å². The van der Waals surface area contributed by atoms with Crippen LogP contribution in [0.25, 0.3) is 0 Å². The molecule has 0 spiro atoms. The Morgan fingerprint density at radius 3 is 2.67 bits per heavy atom. The zero-order valence-corrected chi connectivity index (χ0v) is 12.6. The van der Waals surface area contributed by atoms with Gasteiger partial charge in [-0.3, -0.25) is 4.68 Å². The molecule has 0 atom stereocenters. The number of hydrogen-bond donors (Lipinski definition) is 0. The van der Waals surface area contributed by atoms with Crippen molar-refractivity contribution in [3.05, 3.63) is 29.6 Å². The van der Waals surface area contributed by atoms with Gasteiger partial charge in [0.05, 0.1) is 30.0 Å². The molecule has 0 N–H and O–H groups in total. The number of aromatic nitrogens is 2. The normalized spacial score (nSPS) is 18.3. The average Bonchev–Trinajstić information content (AvgIpc) is 2.56. The average molecular weight is 284 g/mol. The summed E-state index contributed by atoms with van der Waals surface area (Å²) in [6.07, 6.45) is 1.90. The molecule has 3 nitrogen and oxygen atoms in total. The maximum Gasteiger partial charge on any atom is 0.0788 e. The lowest BCUT2D eigenvalue weighted by Crippen LogP contribution is -2.08. The second kappa shape index (κ2) is 6.68. The van der Waals surface area contributed by atoms with E-state index < -0.39 is 0 Å². The molecular formula is C13H20N2OS2. The van der Waals surface area contributed by atoms with E-state index in [4.69, 9.17) is 4.74 Å². The highest BCUT2D eigenvalue weighted by Gasteiger charge is 2.22. The van der Waals surface area contributed by atoms with Crippen LogP contribution in [0, 0.1) is 13.8 Å². The molecule has 1 aromatic rings. The molecule has 0 bridgehead atoms. The Balaban J connectivity index is 2.22. The summed E-state index contributed by atoms with van der Waals surface area (Å²) in [5.74, 6) is 2.12. The monoisotopic (exact) mass is 284 g/mol. The summed E-state index contributed by atoms with van der Waals surface area (Å²) in [7, 11) is 0. The lowest BCUT2D eigenvalue weighted by Gasteiger charge is -2.20. The van der Waals surface area contributed by atoms with Crippen molar-refractivity contribution >= 4 is 23.5 Å². The van der Waals surface area contributed by atoms with Gasteiger partial charge in [0, 0.05) is 22.8 Å². The first-order valence-electron chi connectivity index (χ1n) is 6.19. The van der Waals surface area contributed by atoms with Gasteiger partial charge in [-0.15, -0.1) is 30.1 Å². The summed E-state index contributed by atoms with van der Waals surface area (Å²) in [6, 6.07) is 0. The van der Waals surface area contributed by atoms with Crippen LogP contribution in [0.3, 0.4) is 0 Å². The smallest absolute Gasteiger partial charge is 0.0788 e. The number of aryl methyl sites for hydroxylation is 1. The minimum Gasteiger partial charge on any atom is -0.380 e. The molecular weight excluding hydrogens is 264 g/mol. The number of thioether (sulfide) groups is 2. The molecule has 100 valence electrons. The summed E-state index contributed by atoms with van der Waals surface area (Å²) in [5.41, 5.74) is 3.83. The highest BCUT2D eigenvalue weighted by Crippen LogP contribution is 2.42. The first-order chi connectivity index (χ1) is 8.74. The maximum atomic E-state index is 5.49. The second-order valence-corrected chi connectivity index (χ2v) is 6.97. The predicted molar refractivity (Wildman–Crippen MR) is 80.4 cm³/mol. The van der Waals surface area contributed by atoms with Crippen molar-refractivity contribution < 1.29 is 4.74 Å². The molecule has 1 saturated heterocycles. The highest BCUT2D eigenvalue weighted by atomic mass is 32.2. The van der Waals surface area contributed by atoms with Gasteiger partial charge in [0.25, 0.3) is 0 Å². The van der Waals surface area contributed by atoms with Gasteiger partial charge in [0.1, 0.15) is 0 Å². The molecule has 1 aliphatic heterocycles. The molecule has 18 heavy (non-hydrogen) atoms. The number of rotatable bonds is 3. The third-order valence-electron chi connectivity index (χ3n) is 2.97. The molecule has 0 saturated carbocycles. The van der Waals surface area contributed by atoms with Crippen LogP contribution in [0.1, 0.15) is 21.5 Å². The largest absolute Gasteiger partial charge is 0.380 e. The van der Waals surface area contributed by atoms with Gasteiger partial charge in [0.15, 0.2) is 0 Å². The van der Waals surface area contributed by atoms with Crippen LogP contribution in [0.15, 0.2) is 12.7 Å². The van der Waals surface area contributed by atoms with E-state index in [1.807, 2.05) is 34.3 Å². The standard InChI is InChI=1S/C13H20N2OS2/c1-4-5-15-11(3)12(10(2)14-15)13-17-8-6-16-7-9-18-13/h4,13H,1,5-9H2,2-3H3. The van der Waals surface area contributed by atoms with Crippen molar-refractivity contribution in [2.45, 2.75) is 25.0 Å². The minimum atomic E-state index is 0.493. The van der Waals surface area contributed by atoms with E-state index in [0.717, 1.165) is 37.0 Å². The van der Waals surface area contributed by atoms with E-state index in [1.54, 1.807) is 0 Å². The molecule has 0 radical (unpaired) electrons. The van der Waals surface area contributed by atoms with Gasteiger partial charge >= 0.3 is 0 Å². The van der Waals surface area contributed by atoms with Gasteiger partial charge in [-0.05, 0) is 13.8 Å². The van der Waals surface area contributed by atoms with Crippen molar-refractivity contribution in [1.82, 2.24) is 9.78 Å². The SMILES string of the molecule is C=CCn1nc(C)c(C2SCCOCCS2)c1C. The van der Waals surface area contributed by atoms with Crippen LogP contribution in [0.5, 0.6) is 0 Å². The maximum absolute atomic E-state index is 5.49. The fraction of sp³-hybridized carbons (Fsp3) is 0.615. The van der Waals surface area contributed by atoms with Gasteiger partial charge in [-0.1, -0.05) is 6.08 Å². The molecule has 1 aliphatic rings. The Bertz CT molecular complexity index is 409. The van der Waals surface area contributed by atoms with E-state index in [2.05, 4.69) is 25.5 Å². The van der Waals surface area contributed by atoms with E-state index in [1.165, 1.54) is 11.3 Å². The third kappa shape index (κ3) is 3.13. The summed E-state index contributed by atoms with van der Waals surface area (Å²) in [6.45, 7) is 10.6. The number of ether oxygens (including phenoxy) is 1. The van der Waals surface area contributed by atoms with E-state index in [9.17, 15) is 0 Å². The van der Waals surface area contributed by atoms with E-state index in [0.29, 0.717) is 4.58 Å². The van der Waals surface area contributed by atoms with Crippen LogP contribution in [-0.2, 0) is 11.3 Å². The van der Waals surface area contributed by atoms with Gasteiger partial charge in [0.2, 0.25) is 0 Å². The third-order valence-corrected chi connectivity index (χ3v) is 5.67. The Labute approximate surface area is 117 Å². The van der Waals surface area contributed by atoms with E-state index >= 15 is 0 Å². The highest BCUT2D eigenvalue weighted by molar-refractivity contribution is 8.16. The number of hydrogen-bond acceptors (Lipinski definition) is 4. The lowest BCUT2D eigenvalue weighted by molar-refractivity contribution is 0.166. The van der Waals surface area contributed by atoms with Crippen LogP contribution >= 0.6 is 23.5 Å². The van der Waals surface area contributed by atoms with Crippen LogP contribution < -0.4 is 0 Å². The predicted octanol–water partition coefficient (Wildman–Crippen LogP) is 3.18. The Kier molecular flexibility index (Phi) is 5.21. The quantitative estimate of drug-likeness (QED) is 0.797. The van der Waals surface area contributed by atoms with Crippen molar-refractivity contribution in [2.24, 2.45) is 0 Å².